The minimum absolute atomic E-state index is 0.0487. The van der Waals surface area contributed by atoms with Gasteiger partial charge in [0, 0.05) is 6.54 Å². The highest BCUT2D eigenvalue weighted by Gasteiger charge is 2.16. The first kappa shape index (κ1) is 21.0. The maximum Gasteiger partial charge on any atom is 0.230 e. The first-order chi connectivity index (χ1) is 14.0. The van der Waals surface area contributed by atoms with Crippen molar-refractivity contribution in [3.05, 3.63) is 65.2 Å². The number of likely N-dealkylation sites (N-methyl/N-ethyl adjacent to an activating group) is 1. The number of hydrogen-bond acceptors (Lipinski definition) is 6. The average molecular weight is 411 g/mol. The lowest BCUT2D eigenvalue weighted by Crippen LogP contribution is -2.35. The number of aromatic nitrogens is 4. The summed E-state index contributed by atoms with van der Waals surface area (Å²) in [6.07, 6.45) is 0. The lowest BCUT2D eigenvalue weighted by Gasteiger charge is -2.25. The zero-order valence-electron chi connectivity index (χ0n) is 17.2. The summed E-state index contributed by atoms with van der Waals surface area (Å²) in [6.45, 7) is 4.66. The fourth-order valence-corrected chi connectivity index (χ4v) is 3.67. The van der Waals surface area contributed by atoms with Crippen LogP contribution in [0.3, 0.4) is 0 Å². The van der Waals surface area contributed by atoms with E-state index in [1.54, 1.807) is 4.68 Å². The predicted octanol–water partition coefficient (Wildman–Crippen LogP) is 2.79. The summed E-state index contributed by atoms with van der Waals surface area (Å²) in [6, 6.07) is 16.3. The number of amides is 1. The third-order valence-electron chi connectivity index (χ3n) is 4.81. The van der Waals surface area contributed by atoms with Crippen LogP contribution < -0.4 is 5.32 Å². The molecule has 8 heteroatoms. The SMILES string of the molecule is Cc1ccc(-n2nnnc2SCC(=O)NCC(c2ccccc2)N(C)C)cc1C. The van der Waals surface area contributed by atoms with Crippen LogP contribution >= 0.6 is 11.8 Å². The van der Waals surface area contributed by atoms with Gasteiger partial charge < -0.3 is 10.2 Å². The van der Waals surface area contributed by atoms with Crippen LogP contribution in [0.15, 0.2) is 53.7 Å². The van der Waals surface area contributed by atoms with Crippen LogP contribution in [0.5, 0.6) is 0 Å². The Morgan fingerprint density at radius 1 is 1.14 bits per heavy atom. The molecule has 3 rings (SSSR count). The van der Waals surface area contributed by atoms with Crippen molar-refractivity contribution in [1.82, 2.24) is 30.4 Å². The van der Waals surface area contributed by atoms with Gasteiger partial charge in [0.2, 0.25) is 11.1 Å². The summed E-state index contributed by atoms with van der Waals surface area (Å²) in [5.41, 5.74) is 4.44. The molecule has 0 fully saturated rings. The highest BCUT2D eigenvalue weighted by molar-refractivity contribution is 7.99. The molecule has 1 amide bonds. The highest BCUT2D eigenvalue weighted by Crippen LogP contribution is 2.20. The first-order valence-electron chi connectivity index (χ1n) is 9.42. The number of benzene rings is 2. The molecule has 2 aromatic carbocycles. The number of thioether (sulfide) groups is 1. The van der Waals surface area contributed by atoms with Crippen LogP contribution in [-0.2, 0) is 4.79 Å². The maximum atomic E-state index is 12.4. The molecule has 0 spiro atoms. The van der Waals surface area contributed by atoms with Crippen molar-refractivity contribution in [2.24, 2.45) is 0 Å². The van der Waals surface area contributed by atoms with Crippen molar-refractivity contribution in [3.8, 4) is 5.69 Å². The molecule has 0 radical (unpaired) electrons. The second-order valence-corrected chi connectivity index (χ2v) is 8.07. The lowest BCUT2D eigenvalue weighted by atomic mass is 10.1. The van der Waals surface area contributed by atoms with Crippen LogP contribution in [0.4, 0.5) is 0 Å². The summed E-state index contributed by atoms with van der Waals surface area (Å²) in [5.74, 6) is 0.201. The number of carbonyl (C=O) groups excluding carboxylic acids is 1. The second kappa shape index (κ2) is 9.67. The average Bonchev–Trinajstić information content (AvgIpc) is 3.18. The molecule has 7 nitrogen and oxygen atoms in total. The number of carbonyl (C=O) groups is 1. The van der Waals surface area contributed by atoms with Crippen molar-refractivity contribution < 1.29 is 4.79 Å². The van der Waals surface area contributed by atoms with Gasteiger partial charge in [0.05, 0.1) is 17.5 Å². The van der Waals surface area contributed by atoms with E-state index in [0.717, 1.165) is 5.69 Å². The van der Waals surface area contributed by atoms with E-state index in [1.165, 1.54) is 28.5 Å². The molecule has 0 saturated carbocycles. The topological polar surface area (TPSA) is 75.9 Å². The summed E-state index contributed by atoms with van der Waals surface area (Å²) >= 11 is 1.32. The summed E-state index contributed by atoms with van der Waals surface area (Å²) in [5, 5.41) is 15.5. The Bertz CT molecular complexity index is 957. The molecular formula is C21H26N6OS. The Morgan fingerprint density at radius 3 is 2.59 bits per heavy atom. The summed E-state index contributed by atoms with van der Waals surface area (Å²) < 4.78 is 1.66. The third kappa shape index (κ3) is 5.42. The number of rotatable bonds is 8. The molecule has 1 N–H and O–H groups in total. The van der Waals surface area contributed by atoms with Crippen LogP contribution in [0.1, 0.15) is 22.7 Å². The number of nitrogens with zero attached hydrogens (tertiary/aromatic N) is 5. The molecule has 3 aromatic rings. The predicted molar refractivity (Wildman–Crippen MR) is 115 cm³/mol. The molecule has 1 unspecified atom stereocenters. The molecule has 0 bridgehead atoms. The maximum absolute atomic E-state index is 12.4. The number of aryl methyl sites for hydroxylation is 2. The fourth-order valence-electron chi connectivity index (χ4n) is 2.95. The number of tetrazole rings is 1. The minimum atomic E-state index is -0.0487. The normalized spacial score (nSPS) is 12.2. The van der Waals surface area contributed by atoms with E-state index in [9.17, 15) is 4.79 Å². The van der Waals surface area contributed by atoms with E-state index >= 15 is 0 Å². The van der Waals surface area contributed by atoms with Gasteiger partial charge in [-0.15, -0.1) is 5.10 Å². The largest absolute Gasteiger partial charge is 0.353 e. The van der Waals surface area contributed by atoms with Crippen LogP contribution in [0.2, 0.25) is 0 Å². The van der Waals surface area contributed by atoms with Gasteiger partial charge in [0.15, 0.2) is 0 Å². The summed E-state index contributed by atoms with van der Waals surface area (Å²) in [7, 11) is 4.02. The standard InChI is InChI=1S/C21H26N6OS/c1-15-10-11-18(12-16(15)2)27-21(23-24-25-27)29-14-20(28)22-13-19(26(3)4)17-8-6-5-7-9-17/h5-12,19H,13-14H2,1-4H3,(H,22,28). The Morgan fingerprint density at radius 2 is 1.90 bits per heavy atom. The Labute approximate surface area is 175 Å². The zero-order valence-corrected chi connectivity index (χ0v) is 18.0. The molecule has 1 atom stereocenters. The molecule has 1 heterocycles. The van der Waals surface area contributed by atoms with E-state index in [-0.39, 0.29) is 17.7 Å². The Hall–Kier alpha value is -2.71. The third-order valence-corrected chi connectivity index (χ3v) is 5.73. The number of nitrogens with one attached hydrogen (secondary N) is 1. The quantitative estimate of drug-likeness (QED) is 0.576. The molecule has 29 heavy (non-hydrogen) atoms. The monoisotopic (exact) mass is 410 g/mol. The van der Waals surface area contributed by atoms with Crippen molar-refractivity contribution in [3.63, 3.8) is 0 Å². The zero-order chi connectivity index (χ0) is 20.8. The lowest BCUT2D eigenvalue weighted by molar-refractivity contribution is -0.118. The van der Waals surface area contributed by atoms with Crippen LogP contribution in [-0.4, -0.2) is 57.4 Å². The van der Waals surface area contributed by atoms with Gasteiger partial charge in [0.1, 0.15) is 0 Å². The van der Waals surface area contributed by atoms with Crippen molar-refractivity contribution in [2.75, 3.05) is 26.4 Å². The van der Waals surface area contributed by atoms with Gasteiger partial charge >= 0.3 is 0 Å². The molecule has 0 aliphatic rings. The van der Waals surface area contributed by atoms with E-state index in [1.807, 2.05) is 50.5 Å². The van der Waals surface area contributed by atoms with E-state index in [2.05, 4.69) is 51.7 Å². The summed E-state index contributed by atoms with van der Waals surface area (Å²) in [4.78, 5) is 14.5. The molecule has 1 aromatic heterocycles. The Balaban J connectivity index is 1.59. The van der Waals surface area contributed by atoms with Crippen molar-refractivity contribution in [1.29, 1.82) is 0 Å². The minimum Gasteiger partial charge on any atom is -0.353 e. The van der Waals surface area contributed by atoms with Gasteiger partial charge in [-0.25, -0.2) is 0 Å². The second-order valence-electron chi connectivity index (χ2n) is 7.12. The molecule has 0 aliphatic carbocycles. The molecule has 0 saturated heterocycles. The molecule has 152 valence electrons. The van der Waals surface area contributed by atoms with E-state index in [0.29, 0.717) is 11.7 Å². The van der Waals surface area contributed by atoms with Crippen LogP contribution in [0, 0.1) is 13.8 Å². The molecule has 0 aliphatic heterocycles. The van der Waals surface area contributed by atoms with Crippen molar-refractivity contribution >= 4 is 17.7 Å². The van der Waals surface area contributed by atoms with Crippen LogP contribution in [0.25, 0.3) is 5.69 Å². The van der Waals surface area contributed by atoms with E-state index < -0.39 is 0 Å². The highest BCUT2D eigenvalue weighted by atomic mass is 32.2. The Kier molecular flexibility index (Phi) is 7.00. The van der Waals surface area contributed by atoms with Gasteiger partial charge in [-0.05, 0) is 67.2 Å². The van der Waals surface area contributed by atoms with Crippen molar-refractivity contribution in [2.45, 2.75) is 25.0 Å². The number of hydrogen-bond donors (Lipinski definition) is 1. The van der Waals surface area contributed by atoms with E-state index in [4.69, 9.17) is 0 Å². The van der Waals surface area contributed by atoms with Gasteiger partial charge in [0.25, 0.3) is 0 Å². The first-order valence-corrected chi connectivity index (χ1v) is 10.4. The smallest absolute Gasteiger partial charge is 0.230 e. The molecular weight excluding hydrogens is 384 g/mol. The fraction of sp³-hybridized carbons (Fsp3) is 0.333. The van der Waals surface area contributed by atoms with Gasteiger partial charge in [-0.2, -0.15) is 4.68 Å². The van der Waals surface area contributed by atoms with Gasteiger partial charge in [-0.1, -0.05) is 48.2 Å². The van der Waals surface area contributed by atoms with Gasteiger partial charge in [-0.3, -0.25) is 4.79 Å².